The van der Waals surface area contributed by atoms with Gasteiger partial charge in [-0.3, -0.25) is 0 Å². The van der Waals surface area contributed by atoms with E-state index in [-0.39, 0.29) is 0 Å². The monoisotopic (exact) mass is 298 g/mol. The molecular formula is C19H22OS. The summed E-state index contributed by atoms with van der Waals surface area (Å²) in [6, 6.07) is 16.9. The van der Waals surface area contributed by atoms with E-state index in [1.165, 1.54) is 35.3 Å². The molecular weight excluding hydrogens is 276 g/mol. The van der Waals surface area contributed by atoms with Gasteiger partial charge >= 0.3 is 0 Å². The van der Waals surface area contributed by atoms with Gasteiger partial charge in [-0.15, -0.1) is 11.8 Å². The van der Waals surface area contributed by atoms with Gasteiger partial charge in [-0.1, -0.05) is 48.9 Å². The van der Waals surface area contributed by atoms with Crippen molar-refractivity contribution in [2.45, 2.75) is 43.1 Å². The zero-order chi connectivity index (χ0) is 14.7. The Hall–Kier alpha value is -1.25. The van der Waals surface area contributed by atoms with Crippen LogP contribution in [-0.2, 0) is 0 Å². The molecule has 0 radical (unpaired) electrons. The Morgan fingerprint density at radius 3 is 2.43 bits per heavy atom. The number of hydrogen-bond acceptors (Lipinski definition) is 2. The van der Waals surface area contributed by atoms with Crippen molar-refractivity contribution in [1.29, 1.82) is 0 Å². The van der Waals surface area contributed by atoms with Crippen molar-refractivity contribution in [3.63, 3.8) is 0 Å². The molecule has 1 nitrogen and oxygen atoms in total. The van der Waals surface area contributed by atoms with Crippen LogP contribution in [-0.4, -0.2) is 10.9 Å². The van der Waals surface area contributed by atoms with Crippen molar-refractivity contribution in [2.24, 2.45) is 0 Å². The molecule has 3 rings (SSSR count). The third-order valence-electron chi connectivity index (χ3n) is 4.39. The summed E-state index contributed by atoms with van der Waals surface area (Å²) in [5.41, 5.74) is 3.73. The highest BCUT2D eigenvalue weighted by Crippen LogP contribution is 2.36. The van der Waals surface area contributed by atoms with E-state index in [0.29, 0.717) is 5.75 Å². The molecule has 0 spiro atoms. The predicted octanol–water partition coefficient (Wildman–Crippen LogP) is 5.09. The first-order chi connectivity index (χ1) is 10.2. The summed E-state index contributed by atoms with van der Waals surface area (Å²) < 4.78 is 0. The smallest absolute Gasteiger partial charge is 0.0883 e. The van der Waals surface area contributed by atoms with Gasteiger partial charge in [0.2, 0.25) is 0 Å². The predicted molar refractivity (Wildman–Crippen MR) is 89.9 cm³/mol. The molecule has 21 heavy (non-hydrogen) atoms. The lowest BCUT2D eigenvalue weighted by molar-refractivity contribution is 0.204. The van der Waals surface area contributed by atoms with E-state index in [2.05, 4.69) is 55.5 Å². The molecule has 1 fully saturated rings. The van der Waals surface area contributed by atoms with Crippen molar-refractivity contribution in [1.82, 2.24) is 0 Å². The average Bonchev–Trinajstić information content (AvgIpc) is 2.45. The third kappa shape index (κ3) is 3.50. The van der Waals surface area contributed by atoms with E-state index < -0.39 is 6.10 Å². The summed E-state index contributed by atoms with van der Waals surface area (Å²) in [4.78, 5) is 1.25. The molecule has 1 N–H and O–H groups in total. The van der Waals surface area contributed by atoms with Crippen LogP contribution < -0.4 is 0 Å². The fraction of sp³-hybridized carbons (Fsp3) is 0.368. The molecule has 2 aromatic carbocycles. The van der Waals surface area contributed by atoms with E-state index in [1.807, 2.05) is 0 Å². The molecule has 0 heterocycles. The average molecular weight is 298 g/mol. The van der Waals surface area contributed by atoms with Gasteiger partial charge in [-0.25, -0.2) is 0 Å². The Morgan fingerprint density at radius 1 is 1.10 bits per heavy atom. The Morgan fingerprint density at radius 2 is 1.81 bits per heavy atom. The molecule has 2 aromatic rings. The maximum absolute atomic E-state index is 10.4. The van der Waals surface area contributed by atoms with Gasteiger partial charge < -0.3 is 5.11 Å². The van der Waals surface area contributed by atoms with E-state index in [0.717, 1.165) is 11.5 Å². The third-order valence-corrected chi connectivity index (χ3v) is 5.64. The number of thioether (sulfide) groups is 1. The zero-order valence-corrected chi connectivity index (χ0v) is 13.3. The largest absolute Gasteiger partial charge is 0.388 e. The van der Waals surface area contributed by atoms with E-state index in [4.69, 9.17) is 0 Å². The van der Waals surface area contributed by atoms with Crippen molar-refractivity contribution in [2.75, 3.05) is 5.75 Å². The second-order valence-electron chi connectivity index (χ2n) is 5.89. The lowest BCUT2D eigenvalue weighted by atomic mass is 9.80. The second-order valence-corrected chi connectivity index (χ2v) is 6.95. The van der Waals surface area contributed by atoms with Crippen molar-refractivity contribution >= 4 is 11.8 Å². The number of hydrogen-bond donors (Lipinski definition) is 1. The summed E-state index contributed by atoms with van der Waals surface area (Å²) in [6.07, 6.45) is 3.61. The summed E-state index contributed by atoms with van der Waals surface area (Å²) >= 11 is 1.73. The summed E-state index contributed by atoms with van der Waals surface area (Å²) in [5.74, 6) is 1.46. The number of aliphatic hydroxyl groups is 1. The summed E-state index contributed by atoms with van der Waals surface area (Å²) in [7, 11) is 0. The van der Waals surface area contributed by atoms with Crippen LogP contribution >= 0.6 is 11.8 Å². The van der Waals surface area contributed by atoms with Crippen LogP contribution in [0.3, 0.4) is 0 Å². The molecule has 1 aliphatic rings. The van der Waals surface area contributed by atoms with Crippen LogP contribution in [0.5, 0.6) is 0 Å². The normalized spacial score (nSPS) is 16.5. The lowest BCUT2D eigenvalue weighted by Crippen LogP contribution is -2.09. The molecule has 1 unspecified atom stereocenters. The van der Waals surface area contributed by atoms with Crippen LogP contribution in [0.4, 0.5) is 0 Å². The summed E-state index contributed by atoms with van der Waals surface area (Å²) in [5, 5.41) is 10.4. The number of aryl methyl sites for hydroxylation is 1. The molecule has 1 aliphatic carbocycles. The minimum atomic E-state index is -0.398. The number of aliphatic hydroxyl groups excluding tert-OH is 1. The van der Waals surface area contributed by atoms with E-state index >= 15 is 0 Å². The SMILES string of the molecule is Cc1ccccc1SCC(O)c1ccc(C2CCC2)cc1. The molecule has 110 valence electrons. The van der Waals surface area contributed by atoms with Gasteiger partial charge in [-0.2, -0.15) is 0 Å². The van der Waals surface area contributed by atoms with Crippen LogP contribution in [0.25, 0.3) is 0 Å². The van der Waals surface area contributed by atoms with Gasteiger partial charge in [0.1, 0.15) is 0 Å². The van der Waals surface area contributed by atoms with Gasteiger partial charge in [0.05, 0.1) is 6.10 Å². The zero-order valence-electron chi connectivity index (χ0n) is 12.5. The Bertz CT molecular complexity index is 587. The fourth-order valence-electron chi connectivity index (χ4n) is 2.72. The van der Waals surface area contributed by atoms with Gasteiger partial charge in [0.25, 0.3) is 0 Å². The molecule has 1 saturated carbocycles. The molecule has 1 atom stereocenters. The quantitative estimate of drug-likeness (QED) is 0.776. The van der Waals surface area contributed by atoms with E-state index in [9.17, 15) is 5.11 Å². The van der Waals surface area contributed by atoms with Crippen molar-refractivity contribution in [3.8, 4) is 0 Å². The summed E-state index contributed by atoms with van der Waals surface area (Å²) in [6.45, 7) is 2.11. The Kier molecular flexibility index (Phi) is 4.67. The molecule has 0 bridgehead atoms. The van der Waals surface area contributed by atoms with Crippen LogP contribution in [0.15, 0.2) is 53.4 Å². The highest BCUT2D eigenvalue weighted by atomic mass is 32.2. The van der Waals surface area contributed by atoms with Gasteiger partial charge in [0.15, 0.2) is 0 Å². The first kappa shape index (κ1) is 14.7. The maximum Gasteiger partial charge on any atom is 0.0883 e. The maximum atomic E-state index is 10.4. The lowest BCUT2D eigenvalue weighted by Gasteiger charge is -2.26. The highest BCUT2D eigenvalue weighted by molar-refractivity contribution is 7.99. The number of rotatable bonds is 5. The fourth-order valence-corrected chi connectivity index (χ4v) is 3.72. The highest BCUT2D eigenvalue weighted by Gasteiger charge is 2.19. The standard InChI is InChI=1S/C19H22OS/c1-14-5-2-3-8-19(14)21-13-18(20)17-11-9-16(10-12-17)15-6-4-7-15/h2-3,5,8-12,15,18,20H,4,6-7,13H2,1H3. The first-order valence-electron chi connectivity index (χ1n) is 7.70. The van der Waals surface area contributed by atoms with Crippen LogP contribution in [0.2, 0.25) is 0 Å². The van der Waals surface area contributed by atoms with Crippen LogP contribution in [0.1, 0.15) is 48.0 Å². The van der Waals surface area contributed by atoms with Gasteiger partial charge in [-0.05, 0) is 48.4 Å². The second kappa shape index (κ2) is 6.67. The van der Waals surface area contributed by atoms with Gasteiger partial charge in [0, 0.05) is 10.6 Å². The molecule has 0 aliphatic heterocycles. The van der Waals surface area contributed by atoms with Crippen molar-refractivity contribution < 1.29 is 5.11 Å². The minimum absolute atomic E-state index is 0.398. The molecule has 0 amide bonds. The first-order valence-corrected chi connectivity index (χ1v) is 8.69. The van der Waals surface area contributed by atoms with Crippen molar-refractivity contribution in [3.05, 3.63) is 65.2 Å². The molecule has 0 aromatic heterocycles. The van der Waals surface area contributed by atoms with E-state index in [1.54, 1.807) is 11.8 Å². The number of benzene rings is 2. The van der Waals surface area contributed by atoms with Crippen LogP contribution in [0, 0.1) is 6.92 Å². The topological polar surface area (TPSA) is 20.2 Å². The Balaban J connectivity index is 1.60. The molecule has 2 heteroatoms. The molecule has 0 saturated heterocycles. The minimum Gasteiger partial charge on any atom is -0.388 e. The Labute approximate surface area is 131 Å².